The topological polar surface area (TPSA) is 43.4 Å². The summed E-state index contributed by atoms with van der Waals surface area (Å²) in [6.07, 6.45) is 0.347. The van der Waals surface area contributed by atoms with Crippen LogP contribution in [0.4, 0.5) is 4.39 Å². The molecule has 3 nitrogen and oxygen atoms in total. The van der Waals surface area contributed by atoms with Gasteiger partial charge in [0.05, 0.1) is 13.5 Å². The van der Waals surface area contributed by atoms with E-state index >= 15 is 0 Å². The Labute approximate surface area is 99.6 Å². The first-order valence-corrected chi connectivity index (χ1v) is 5.36. The molecule has 0 fully saturated rings. The summed E-state index contributed by atoms with van der Waals surface area (Å²) in [5.74, 6) is -0.824. The third-order valence-corrected chi connectivity index (χ3v) is 2.47. The van der Waals surface area contributed by atoms with E-state index in [0.717, 1.165) is 0 Å². The minimum Gasteiger partial charge on any atom is -0.469 e. The van der Waals surface area contributed by atoms with E-state index in [1.54, 1.807) is 19.1 Å². The molecule has 0 aliphatic heterocycles. The number of esters is 1. The van der Waals surface area contributed by atoms with Gasteiger partial charge in [0, 0.05) is 12.8 Å². The zero-order chi connectivity index (χ0) is 12.8. The molecule has 0 aliphatic rings. The van der Waals surface area contributed by atoms with Gasteiger partial charge in [-0.05, 0) is 24.1 Å². The van der Waals surface area contributed by atoms with Crippen molar-refractivity contribution in [2.75, 3.05) is 7.11 Å². The van der Waals surface area contributed by atoms with Crippen molar-refractivity contribution in [2.45, 2.75) is 26.2 Å². The molecule has 0 saturated carbocycles. The summed E-state index contributed by atoms with van der Waals surface area (Å²) in [4.78, 5) is 22.3. The lowest BCUT2D eigenvalue weighted by molar-refractivity contribution is -0.141. The SMILES string of the molecule is COC(=O)CCC(=O)Cc1ccc(C)c(F)c1. The highest BCUT2D eigenvalue weighted by Gasteiger charge is 2.09. The first-order valence-electron chi connectivity index (χ1n) is 5.36. The molecule has 0 unspecified atom stereocenters. The Morgan fingerprint density at radius 1 is 1.29 bits per heavy atom. The quantitative estimate of drug-likeness (QED) is 0.738. The molecule has 0 spiro atoms. The molecule has 4 heteroatoms. The van der Waals surface area contributed by atoms with Gasteiger partial charge in [-0.2, -0.15) is 0 Å². The van der Waals surface area contributed by atoms with E-state index in [1.807, 2.05) is 0 Å². The molecule has 0 saturated heterocycles. The Balaban J connectivity index is 2.50. The van der Waals surface area contributed by atoms with Crippen molar-refractivity contribution in [2.24, 2.45) is 0 Å². The molecule has 0 aliphatic carbocycles. The largest absolute Gasteiger partial charge is 0.469 e. The highest BCUT2D eigenvalue weighted by atomic mass is 19.1. The summed E-state index contributed by atoms with van der Waals surface area (Å²) in [6.45, 7) is 1.66. The molecule has 1 aromatic carbocycles. The number of hydrogen-bond donors (Lipinski definition) is 0. The summed E-state index contributed by atoms with van der Waals surface area (Å²) in [5.41, 5.74) is 1.18. The molecule has 1 rings (SSSR count). The molecule has 92 valence electrons. The number of methoxy groups -OCH3 is 1. The molecule has 0 atom stereocenters. The van der Waals surface area contributed by atoms with Gasteiger partial charge in [0.2, 0.25) is 0 Å². The summed E-state index contributed by atoms with van der Waals surface area (Å²) in [6, 6.07) is 4.71. The van der Waals surface area contributed by atoms with Crippen LogP contribution in [0.5, 0.6) is 0 Å². The Morgan fingerprint density at radius 3 is 2.59 bits per heavy atom. The van der Waals surface area contributed by atoms with Crippen molar-refractivity contribution in [3.05, 3.63) is 35.1 Å². The number of carbonyl (C=O) groups excluding carboxylic acids is 2. The van der Waals surface area contributed by atoms with Crippen LogP contribution in [-0.2, 0) is 20.7 Å². The van der Waals surface area contributed by atoms with Crippen LogP contribution < -0.4 is 0 Å². The van der Waals surface area contributed by atoms with Crippen LogP contribution in [0, 0.1) is 12.7 Å². The van der Waals surface area contributed by atoms with E-state index in [2.05, 4.69) is 4.74 Å². The van der Waals surface area contributed by atoms with Gasteiger partial charge in [-0.25, -0.2) is 4.39 Å². The fourth-order valence-corrected chi connectivity index (χ4v) is 1.41. The first-order chi connectivity index (χ1) is 8.02. The Kier molecular flexibility index (Phi) is 4.82. The normalized spacial score (nSPS) is 10.1. The van der Waals surface area contributed by atoms with Crippen molar-refractivity contribution < 1.29 is 18.7 Å². The lowest BCUT2D eigenvalue weighted by Crippen LogP contribution is -2.08. The first kappa shape index (κ1) is 13.4. The van der Waals surface area contributed by atoms with E-state index in [0.29, 0.717) is 11.1 Å². The van der Waals surface area contributed by atoms with Crippen LogP contribution in [0.25, 0.3) is 0 Å². The third-order valence-electron chi connectivity index (χ3n) is 2.47. The second-order valence-electron chi connectivity index (χ2n) is 3.88. The second kappa shape index (κ2) is 6.13. The van der Waals surface area contributed by atoms with Crippen LogP contribution >= 0.6 is 0 Å². The summed E-state index contributed by atoms with van der Waals surface area (Å²) < 4.78 is 17.6. The molecule has 1 aromatic rings. The monoisotopic (exact) mass is 238 g/mol. The number of hydrogen-bond acceptors (Lipinski definition) is 3. The van der Waals surface area contributed by atoms with Crippen molar-refractivity contribution in [1.82, 2.24) is 0 Å². The second-order valence-corrected chi connectivity index (χ2v) is 3.88. The zero-order valence-electron chi connectivity index (χ0n) is 9.96. The Bertz CT molecular complexity index is 427. The van der Waals surface area contributed by atoms with Crippen LogP contribution in [0.3, 0.4) is 0 Å². The minimum absolute atomic E-state index is 0.0731. The lowest BCUT2D eigenvalue weighted by Gasteiger charge is -2.03. The van der Waals surface area contributed by atoms with Crippen molar-refractivity contribution in [3.63, 3.8) is 0 Å². The Hall–Kier alpha value is -1.71. The van der Waals surface area contributed by atoms with Crippen molar-refractivity contribution >= 4 is 11.8 Å². The number of Topliss-reactive ketones (excluding diaryl/α,β-unsaturated/α-hetero) is 1. The number of ketones is 1. The van der Waals surface area contributed by atoms with Gasteiger partial charge >= 0.3 is 5.97 Å². The molecule has 0 bridgehead atoms. The van der Waals surface area contributed by atoms with Gasteiger partial charge in [-0.15, -0.1) is 0 Å². The Morgan fingerprint density at radius 2 is 2.00 bits per heavy atom. The number of rotatable bonds is 5. The molecular formula is C13H15FO3. The molecule has 0 N–H and O–H groups in total. The smallest absolute Gasteiger partial charge is 0.305 e. The average molecular weight is 238 g/mol. The van der Waals surface area contributed by atoms with E-state index < -0.39 is 5.97 Å². The molecule has 0 aromatic heterocycles. The highest BCUT2D eigenvalue weighted by molar-refractivity contribution is 5.84. The molecule has 17 heavy (non-hydrogen) atoms. The van der Waals surface area contributed by atoms with Gasteiger partial charge in [-0.3, -0.25) is 9.59 Å². The number of carbonyl (C=O) groups is 2. The average Bonchev–Trinajstić information content (AvgIpc) is 2.31. The van der Waals surface area contributed by atoms with Crippen molar-refractivity contribution in [1.29, 1.82) is 0 Å². The van der Waals surface area contributed by atoms with E-state index in [1.165, 1.54) is 13.2 Å². The predicted octanol–water partition coefficient (Wildman–Crippen LogP) is 2.20. The molecule has 0 amide bonds. The summed E-state index contributed by atoms with van der Waals surface area (Å²) >= 11 is 0. The van der Waals surface area contributed by atoms with Gasteiger partial charge in [0.15, 0.2) is 0 Å². The summed E-state index contributed by atoms with van der Waals surface area (Å²) in [7, 11) is 1.28. The third kappa shape index (κ3) is 4.34. The fourth-order valence-electron chi connectivity index (χ4n) is 1.41. The summed E-state index contributed by atoms with van der Waals surface area (Å²) in [5, 5.41) is 0. The predicted molar refractivity (Wildman–Crippen MR) is 61.1 cm³/mol. The lowest BCUT2D eigenvalue weighted by atomic mass is 10.0. The van der Waals surface area contributed by atoms with E-state index in [-0.39, 0.29) is 30.9 Å². The zero-order valence-corrected chi connectivity index (χ0v) is 9.96. The van der Waals surface area contributed by atoms with Crippen LogP contribution in [0.1, 0.15) is 24.0 Å². The minimum atomic E-state index is -0.409. The van der Waals surface area contributed by atoms with Gasteiger partial charge in [0.1, 0.15) is 11.6 Å². The van der Waals surface area contributed by atoms with Gasteiger partial charge in [-0.1, -0.05) is 12.1 Å². The highest BCUT2D eigenvalue weighted by Crippen LogP contribution is 2.11. The number of aryl methyl sites for hydroxylation is 1. The van der Waals surface area contributed by atoms with Gasteiger partial charge in [0.25, 0.3) is 0 Å². The van der Waals surface area contributed by atoms with Crippen LogP contribution in [-0.4, -0.2) is 18.9 Å². The van der Waals surface area contributed by atoms with E-state index in [4.69, 9.17) is 0 Å². The molecule has 0 radical (unpaired) electrons. The van der Waals surface area contributed by atoms with Gasteiger partial charge < -0.3 is 4.74 Å². The molecule has 0 heterocycles. The maximum Gasteiger partial charge on any atom is 0.305 e. The number of benzene rings is 1. The van der Waals surface area contributed by atoms with Crippen LogP contribution in [0.15, 0.2) is 18.2 Å². The van der Waals surface area contributed by atoms with Crippen molar-refractivity contribution in [3.8, 4) is 0 Å². The number of halogens is 1. The standard InChI is InChI=1S/C13H15FO3/c1-9-3-4-10(8-12(9)14)7-11(15)5-6-13(16)17-2/h3-4,8H,5-7H2,1-2H3. The van der Waals surface area contributed by atoms with E-state index in [9.17, 15) is 14.0 Å². The maximum absolute atomic E-state index is 13.2. The van der Waals surface area contributed by atoms with Crippen LogP contribution in [0.2, 0.25) is 0 Å². The fraction of sp³-hybridized carbons (Fsp3) is 0.385. The maximum atomic E-state index is 13.2. The number of ether oxygens (including phenoxy) is 1. The molecular weight excluding hydrogens is 223 g/mol.